The maximum atomic E-state index is 14.0. The molecular formula is C19H11ClFNO2. The highest BCUT2D eigenvalue weighted by molar-refractivity contribution is 6.34. The molecule has 1 aromatic heterocycles. The molecule has 3 aromatic carbocycles. The molecule has 0 amide bonds. The molecule has 1 heterocycles. The van der Waals surface area contributed by atoms with E-state index in [-0.39, 0.29) is 16.4 Å². The standard InChI is InChI=1S/C19H11ClFNO2/c20-17-16(18(23)19(17)24)13-10-22(15-8-4-2-6-12(13)15)9-11-5-1-3-7-14(11)21/h1-8,10H,9H2. The van der Waals surface area contributed by atoms with E-state index in [1.807, 2.05) is 28.8 Å². The lowest BCUT2D eigenvalue weighted by molar-refractivity contribution is 0.602. The number of hydrogen-bond donors (Lipinski definition) is 0. The van der Waals surface area contributed by atoms with Crippen molar-refractivity contribution in [2.24, 2.45) is 0 Å². The molecule has 118 valence electrons. The Labute approximate surface area is 141 Å². The van der Waals surface area contributed by atoms with Crippen LogP contribution in [0.5, 0.6) is 0 Å². The highest BCUT2D eigenvalue weighted by Crippen LogP contribution is 2.33. The predicted octanol–water partition coefficient (Wildman–Crippen LogP) is 3.75. The molecule has 0 bridgehead atoms. The van der Waals surface area contributed by atoms with Crippen LogP contribution in [0.4, 0.5) is 4.39 Å². The van der Waals surface area contributed by atoms with Crippen LogP contribution in [0.3, 0.4) is 0 Å². The van der Waals surface area contributed by atoms with Gasteiger partial charge in [-0.3, -0.25) is 9.59 Å². The molecule has 0 saturated heterocycles. The zero-order valence-corrected chi connectivity index (χ0v) is 13.2. The van der Waals surface area contributed by atoms with Crippen LogP contribution in [-0.2, 0) is 6.54 Å². The van der Waals surface area contributed by atoms with Gasteiger partial charge < -0.3 is 4.57 Å². The fourth-order valence-electron chi connectivity index (χ4n) is 2.99. The van der Waals surface area contributed by atoms with Crippen LogP contribution >= 0.6 is 11.6 Å². The molecule has 4 aromatic rings. The topological polar surface area (TPSA) is 39.1 Å². The number of para-hydroxylation sites is 1. The van der Waals surface area contributed by atoms with Crippen LogP contribution in [0.2, 0.25) is 5.02 Å². The van der Waals surface area contributed by atoms with Crippen LogP contribution in [0.25, 0.3) is 22.0 Å². The van der Waals surface area contributed by atoms with E-state index in [0.717, 1.165) is 10.9 Å². The van der Waals surface area contributed by atoms with Gasteiger partial charge in [0, 0.05) is 28.2 Å². The Morgan fingerprint density at radius 3 is 2.42 bits per heavy atom. The van der Waals surface area contributed by atoms with E-state index in [1.54, 1.807) is 24.4 Å². The lowest BCUT2D eigenvalue weighted by atomic mass is 10.0. The number of hydrogen-bond acceptors (Lipinski definition) is 2. The van der Waals surface area contributed by atoms with Crippen molar-refractivity contribution in [3.05, 3.63) is 91.6 Å². The Kier molecular flexibility index (Phi) is 3.36. The van der Waals surface area contributed by atoms with Crippen LogP contribution < -0.4 is 10.9 Å². The molecule has 0 radical (unpaired) electrons. The zero-order chi connectivity index (χ0) is 16.8. The van der Waals surface area contributed by atoms with E-state index in [4.69, 9.17) is 11.6 Å². The first kappa shape index (κ1) is 14.8. The largest absolute Gasteiger partial charge is 0.342 e. The number of fused-ring (bicyclic) bond motifs is 1. The molecular weight excluding hydrogens is 329 g/mol. The third kappa shape index (κ3) is 2.11. The Balaban J connectivity index is 1.91. The minimum absolute atomic E-state index is 0.0335. The van der Waals surface area contributed by atoms with E-state index >= 15 is 0 Å². The first-order chi connectivity index (χ1) is 11.6. The highest BCUT2D eigenvalue weighted by Gasteiger charge is 2.23. The molecule has 0 aliphatic rings. The van der Waals surface area contributed by atoms with Crippen LogP contribution in [0, 0.1) is 5.82 Å². The normalized spacial score (nSPS) is 11.4. The van der Waals surface area contributed by atoms with Crippen molar-refractivity contribution in [1.29, 1.82) is 0 Å². The zero-order valence-electron chi connectivity index (χ0n) is 12.4. The summed E-state index contributed by atoms with van der Waals surface area (Å²) >= 11 is 5.93. The Hall–Kier alpha value is -2.72. The van der Waals surface area contributed by atoms with Gasteiger partial charge in [-0.25, -0.2) is 4.39 Å². The monoisotopic (exact) mass is 339 g/mol. The second-order valence-corrected chi connectivity index (χ2v) is 6.00. The summed E-state index contributed by atoms with van der Waals surface area (Å²) < 4.78 is 15.8. The smallest absolute Gasteiger partial charge is 0.245 e. The van der Waals surface area contributed by atoms with E-state index in [0.29, 0.717) is 17.7 Å². The van der Waals surface area contributed by atoms with E-state index in [2.05, 4.69) is 0 Å². The van der Waals surface area contributed by atoms with Crippen molar-refractivity contribution in [3.8, 4) is 11.1 Å². The second-order valence-electron chi connectivity index (χ2n) is 5.63. The molecule has 0 aliphatic carbocycles. The summed E-state index contributed by atoms with van der Waals surface area (Å²) in [6, 6.07) is 14.0. The van der Waals surface area contributed by atoms with Gasteiger partial charge in [0.05, 0.1) is 12.1 Å². The second kappa shape index (κ2) is 5.42. The average molecular weight is 340 g/mol. The fourth-order valence-corrected chi connectivity index (χ4v) is 3.26. The molecule has 24 heavy (non-hydrogen) atoms. The maximum Gasteiger partial charge on any atom is 0.245 e. The number of halogens is 2. The van der Waals surface area contributed by atoms with Crippen molar-refractivity contribution in [2.45, 2.75) is 6.54 Å². The number of rotatable bonds is 3. The van der Waals surface area contributed by atoms with Crippen LogP contribution in [0.1, 0.15) is 5.56 Å². The minimum atomic E-state index is -0.655. The first-order valence-corrected chi connectivity index (χ1v) is 7.76. The Bertz CT molecular complexity index is 1150. The number of nitrogens with zero attached hydrogens (tertiary/aromatic N) is 1. The van der Waals surface area contributed by atoms with Gasteiger partial charge in [-0.05, 0) is 12.1 Å². The van der Waals surface area contributed by atoms with Crippen molar-refractivity contribution >= 4 is 22.5 Å². The quantitative estimate of drug-likeness (QED) is 0.533. The van der Waals surface area contributed by atoms with E-state index in [1.165, 1.54) is 6.07 Å². The summed E-state index contributed by atoms with van der Waals surface area (Å²) in [6.07, 6.45) is 1.75. The van der Waals surface area contributed by atoms with Gasteiger partial charge in [0.15, 0.2) is 0 Å². The van der Waals surface area contributed by atoms with E-state index in [9.17, 15) is 14.0 Å². The molecule has 0 fully saturated rings. The van der Waals surface area contributed by atoms with Gasteiger partial charge in [0.1, 0.15) is 10.8 Å². The van der Waals surface area contributed by atoms with Crippen molar-refractivity contribution < 1.29 is 4.39 Å². The first-order valence-electron chi connectivity index (χ1n) is 7.38. The lowest BCUT2D eigenvalue weighted by Crippen LogP contribution is -2.33. The summed E-state index contributed by atoms with van der Waals surface area (Å²) in [7, 11) is 0. The van der Waals surface area contributed by atoms with Crippen molar-refractivity contribution in [1.82, 2.24) is 4.57 Å². The summed E-state index contributed by atoms with van der Waals surface area (Å²) in [6.45, 7) is 0.320. The fraction of sp³-hybridized carbons (Fsp3) is 0.0526. The summed E-state index contributed by atoms with van der Waals surface area (Å²) in [5.74, 6) is -0.288. The molecule has 0 aliphatic heterocycles. The van der Waals surface area contributed by atoms with Crippen molar-refractivity contribution in [2.75, 3.05) is 0 Å². The number of benzene rings is 2. The summed E-state index contributed by atoms with van der Waals surface area (Å²) in [5, 5.41) is 0.775. The van der Waals surface area contributed by atoms with Crippen LogP contribution in [0.15, 0.2) is 64.3 Å². The minimum Gasteiger partial charge on any atom is -0.342 e. The average Bonchev–Trinajstić information content (AvgIpc) is 2.95. The highest BCUT2D eigenvalue weighted by atomic mass is 35.5. The molecule has 3 nitrogen and oxygen atoms in total. The maximum absolute atomic E-state index is 14.0. The van der Waals surface area contributed by atoms with E-state index < -0.39 is 10.9 Å². The lowest BCUT2D eigenvalue weighted by Gasteiger charge is -2.06. The molecule has 0 saturated carbocycles. The molecule has 4 rings (SSSR count). The predicted molar refractivity (Wildman–Crippen MR) is 92.8 cm³/mol. The molecule has 0 unspecified atom stereocenters. The third-order valence-electron chi connectivity index (χ3n) is 4.21. The Morgan fingerprint density at radius 1 is 0.958 bits per heavy atom. The van der Waals surface area contributed by atoms with Gasteiger partial charge in [-0.2, -0.15) is 0 Å². The van der Waals surface area contributed by atoms with Crippen LogP contribution in [-0.4, -0.2) is 4.57 Å². The van der Waals surface area contributed by atoms with Crippen molar-refractivity contribution in [3.63, 3.8) is 0 Å². The Morgan fingerprint density at radius 2 is 1.67 bits per heavy atom. The summed E-state index contributed by atoms with van der Waals surface area (Å²) in [5.41, 5.74) is 1.01. The molecule has 0 N–H and O–H groups in total. The van der Waals surface area contributed by atoms with Gasteiger partial charge in [-0.1, -0.05) is 48.0 Å². The molecule has 5 heteroatoms. The van der Waals surface area contributed by atoms with Gasteiger partial charge >= 0.3 is 0 Å². The summed E-state index contributed by atoms with van der Waals surface area (Å²) in [4.78, 5) is 23.3. The third-order valence-corrected chi connectivity index (χ3v) is 4.57. The van der Waals surface area contributed by atoms with Gasteiger partial charge in [0.25, 0.3) is 0 Å². The molecule has 0 atom stereocenters. The SMILES string of the molecule is O=c1c(Cl)c(-c2cn(Cc3ccccc3F)c3ccccc23)c1=O. The van der Waals surface area contributed by atoms with Gasteiger partial charge in [-0.15, -0.1) is 0 Å². The van der Waals surface area contributed by atoms with Gasteiger partial charge in [0.2, 0.25) is 10.9 Å². The number of aromatic nitrogens is 1. The molecule has 0 spiro atoms.